The van der Waals surface area contributed by atoms with Crippen molar-refractivity contribution in [3.05, 3.63) is 0 Å². The predicted octanol–water partition coefficient (Wildman–Crippen LogP) is -0.0632. The molecule has 0 saturated heterocycles. The monoisotopic (exact) mass is 223 g/mol. The molecule has 0 heterocycles. The first-order valence-electron chi connectivity index (χ1n) is 4.33. The van der Waals surface area contributed by atoms with Crippen molar-refractivity contribution in [2.45, 2.75) is 39.8 Å². The van der Waals surface area contributed by atoms with Gasteiger partial charge in [-0.05, 0) is 27.7 Å². The Kier molecular flexibility index (Phi) is 4.86. The molecule has 0 aliphatic carbocycles. The number of nitrogens with one attached hydrogen (secondary N) is 3. The van der Waals surface area contributed by atoms with E-state index in [-0.39, 0.29) is 12.1 Å². The molecule has 3 N–H and O–H groups in total. The molecule has 0 aliphatic rings. The van der Waals surface area contributed by atoms with E-state index in [1.54, 1.807) is 27.7 Å². The zero-order chi connectivity index (χ0) is 11.4. The van der Waals surface area contributed by atoms with Gasteiger partial charge in [-0.1, -0.05) is 0 Å². The Hall–Kier alpha value is -0.820. The lowest BCUT2D eigenvalue weighted by molar-refractivity contribution is 0.243. The van der Waals surface area contributed by atoms with Crippen molar-refractivity contribution in [3.63, 3.8) is 0 Å². The molecule has 0 aromatic heterocycles. The Morgan fingerprint density at radius 3 is 1.93 bits per heavy atom. The lowest BCUT2D eigenvalue weighted by Crippen LogP contribution is -2.48. The van der Waals surface area contributed by atoms with Gasteiger partial charge in [0.1, 0.15) is 0 Å². The summed E-state index contributed by atoms with van der Waals surface area (Å²) in [4.78, 5) is 11.0. The molecule has 2 amide bonds. The lowest BCUT2D eigenvalue weighted by atomic mass is 10.4. The fraction of sp³-hybridized carbons (Fsp3) is 0.857. The molecular weight excluding hydrogens is 206 g/mol. The summed E-state index contributed by atoms with van der Waals surface area (Å²) in [6.45, 7) is 6.81. The Morgan fingerprint density at radius 1 is 1.07 bits per heavy atom. The van der Waals surface area contributed by atoms with E-state index in [9.17, 15) is 13.2 Å². The van der Waals surface area contributed by atoms with Crippen molar-refractivity contribution in [3.8, 4) is 0 Å². The molecule has 0 aliphatic heterocycles. The summed E-state index contributed by atoms with van der Waals surface area (Å²) in [5.74, 6) is 0. The average Bonchev–Trinajstić information content (AvgIpc) is 1.77. The van der Waals surface area contributed by atoms with E-state index in [1.165, 1.54) is 0 Å². The van der Waals surface area contributed by atoms with Crippen LogP contribution in [0.2, 0.25) is 0 Å². The molecule has 0 saturated carbocycles. The van der Waals surface area contributed by atoms with Crippen LogP contribution in [-0.4, -0.2) is 26.5 Å². The molecular formula is C7H17N3O3S. The molecule has 7 heteroatoms. The number of carbonyl (C=O) groups excluding carboxylic acids is 1. The number of hydrogen-bond donors (Lipinski definition) is 3. The van der Waals surface area contributed by atoms with Crippen LogP contribution in [0.3, 0.4) is 0 Å². The summed E-state index contributed by atoms with van der Waals surface area (Å²) in [5.41, 5.74) is 0. The number of rotatable bonds is 4. The maximum absolute atomic E-state index is 11.1. The first-order valence-corrected chi connectivity index (χ1v) is 5.82. The van der Waals surface area contributed by atoms with Crippen LogP contribution in [-0.2, 0) is 10.2 Å². The van der Waals surface area contributed by atoms with Gasteiger partial charge in [0.2, 0.25) is 0 Å². The zero-order valence-corrected chi connectivity index (χ0v) is 9.60. The second-order valence-corrected chi connectivity index (χ2v) is 4.95. The Balaban J connectivity index is 4.17. The molecule has 0 unspecified atom stereocenters. The third-order valence-corrected chi connectivity index (χ3v) is 2.27. The van der Waals surface area contributed by atoms with Crippen LogP contribution in [0.1, 0.15) is 27.7 Å². The smallest absolute Gasteiger partial charge is 0.329 e. The number of amides is 2. The van der Waals surface area contributed by atoms with E-state index >= 15 is 0 Å². The summed E-state index contributed by atoms with van der Waals surface area (Å²) < 4.78 is 26.4. The van der Waals surface area contributed by atoms with Crippen LogP contribution in [0, 0.1) is 0 Å². The van der Waals surface area contributed by atoms with Gasteiger partial charge >= 0.3 is 16.2 Å². The molecule has 0 atom stereocenters. The van der Waals surface area contributed by atoms with Crippen LogP contribution >= 0.6 is 0 Å². The molecule has 0 spiro atoms. The van der Waals surface area contributed by atoms with Crippen LogP contribution in [0.5, 0.6) is 0 Å². The van der Waals surface area contributed by atoms with Crippen molar-refractivity contribution in [1.29, 1.82) is 0 Å². The van der Waals surface area contributed by atoms with Gasteiger partial charge in [0.05, 0.1) is 0 Å². The Labute approximate surface area is 84.6 Å². The highest BCUT2D eigenvalue weighted by Crippen LogP contribution is 1.84. The second kappa shape index (κ2) is 5.16. The number of urea groups is 1. The number of carbonyl (C=O) groups is 1. The molecule has 0 fully saturated rings. The maximum Gasteiger partial charge on any atom is 0.329 e. The summed E-state index contributed by atoms with van der Waals surface area (Å²) in [6, 6.07) is -1.09. The van der Waals surface area contributed by atoms with E-state index in [1.807, 2.05) is 4.72 Å². The lowest BCUT2D eigenvalue weighted by Gasteiger charge is -2.12. The van der Waals surface area contributed by atoms with E-state index in [0.29, 0.717) is 0 Å². The van der Waals surface area contributed by atoms with Gasteiger partial charge in [0.25, 0.3) is 0 Å². The maximum atomic E-state index is 11.1. The van der Waals surface area contributed by atoms with Gasteiger partial charge in [-0.2, -0.15) is 13.1 Å². The fourth-order valence-corrected chi connectivity index (χ4v) is 1.74. The molecule has 14 heavy (non-hydrogen) atoms. The summed E-state index contributed by atoms with van der Waals surface area (Å²) in [5, 5.41) is 2.40. The zero-order valence-electron chi connectivity index (χ0n) is 8.79. The first-order chi connectivity index (χ1) is 6.23. The quantitative estimate of drug-likeness (QED) is 0.624. The minimum absolute atomic E-state index is 0.107. The predicted molar refractivity (Wildman–Crippen MR) is 54.0 cm³/mol. The summed E-state index contributed by atoms with van der Waals surface area (Å²) >= 11 is 0. The minimum atomic E-state index is -3.74. The minimum Gasteiger partial charge on any atom is -0.335 e. The van der Waals surface area contributed by atoms with Crippen molar-refractivity contribution >= 4 is 16.2 Å². The van der Waals surface area contributed by atoms with Crippen molar-refractivity contribution < 1.29 is 13.2 Å². The van der Waals surface area contributed by atoms with E-state index < -0.39 is 16.2 Å². The summed E-state index contributed by atoms with van der Waals surface area (Å²) in [6.07, 6.45) is 0. The second-order valence-electron chi connectivity index (χ2n) is 3.51. The van der Waals surface area contributed by atoms with Gasteiger partial charge in [-0.3, -0.25) is 0 Å². The molecule has 0 aromatic carbocycles. The highest BCUT2D eigenvalue weighted by molar-refractivity contribution is 7.88. The van der Waals surface area contributed by atoms with E-state index in [0.717, 1.165) is 0 Å². The average molecular weight is 223 g/mol. The fourth-order valence-electron chi connectivity index (χ4n) is 0.753. The van der Waals surface area contributed by atoms with Gasteiger partial charge < -0.3 is 5.32 Å². The SMILES string of the molecule is CC(C)NC(=O)NS(=O)(=O)NC(C)C. The third kappa shape index (κ3) is 6.67. The summed E-state index contributed by atoms with van der Waals surface area (Å²) in [7, 11) is -3.74. The van der Waals surface area contributed by atoms with Crippen molar-refractivity contribution in [1.82, 2.24) is 14.8 Å². The largest absolute Gasteiger partial charge is 0.335 e. The van der Waals surface area contributed by atoms with Crippen LogP contribution in [0.4, 0.5) is 4.79 Å². The van der Waals surface area contributed by atoms with Gasteiger partial charge in [0, 0.05) is 12.1 Å². The highest BCUT2D eigenvalue weighted by Gasteiger charge is 2.15. The standard InChI is InChI=1S/C7H17N3O3S/c1-5(2)8-7(11)10-14(12,13)9-6(3)4/h5-6,9H,1-4H3,(H2,8,10,11). The molecule has 6 nitrogen and oxygen atoms in total. The molecule has 0 bridgehead atoms. The highest BCUT2D eigenvalue weighted by atomic mass is 32.2. The third-order valence-electron chi connectivity index (χ3n) is 1.04. The normalized spacial score (nSPS) is 11.9. The van der Waals surface area contributed by atoms with Gasteiger partial charge in [-0.15, -0.1) is 0 Å². The van der Waals surface area contributed by atoms with E-state index in [2.05, 4.69) is 10.0 Å². The van der Waals surface area contributed by atoms with Crippen LogP contribution in [0.15, 0.2) is 0 Å². The van der Waals surface area contributed by atoms with Crippen molar-refractivity contribution in [2.75, 3.05) is 0 Å². The van der Waals surface area contributed by atoms with Gasteiger partial charge in [-0.25, -0.2) is 9.52 Å². The molecule has 0 rings (SSSR count). The molecule has 84 valence electrons. The molecule has 0 aromatic rings. The Morgan fingerprint density at radius 2 is 1.57 bits per heavy atom. The molecule has 0 radical (unpaired) electrons. The van der Waals surface area contributed by atoms with Gasteiger partial charge in [0.15, 0.2) is 0 Å². The van der Waals surface area contributed by atoms with Crippen LogP contribution < -0.4 is 14.8 Å². The Bertz CT molecular complexity index is 285. The number of hydrogen-bond acceptors (Lipinski definition) is 3. The topological polar surface area (TPSA) is 87.3 Å². The van der Waals surface area contributed by atoms with Crippen LogP contribution in [0.25, 0.3) is 0 Å². The van der Waals surface area contributed by atoms with Crippen molar-refractivity contribution in [2.24, 2.45) is 0 Å². The first kappa shape index (κ1) is 13.2. The van der Waals surface area contributed by atoms with E-state index in [4.69, 9.17) is 0 Å².